The first-order valence-corrected chi connectivity index (χ1v) is 10.8. The lowest BCUT2D eigenvalue weighted by Gasteiger charge is -2.34. The minimum Gasteiger partial charge on any atom is -0.367 e. The second-order valence-corrected chi connectivity index (χ2v) is 8.30. The quantitative estimate of drug-likeness (QED) is 0.376. The molecule has 2 aliphatic rings. The summed E-state index contributed by atoms with van der Waals surface area (Å²) in [4.78, 5) is 7.31. The van der Waals surface area contributed by atoms with Crippen molar-refractivity contribution in [1.29, 1.82) is 0 Å². The van der Waals surface area contributed by atoms with Crippen molar-refractivity contribution in [3.63, 3.8) is 0 Å². The summed E-state index contributed by atoms with van der Waals surface area (Å²) in [5.74, 6) is 4.34. The van der Waals surface area contributed by atoms with E-state index in [1.807, 2.05) is 17.9 Å². The summed E-state index contributed by atoms with van der Waals surface area (Å²) >= 11 is 2.08. The molecule has 148 valence electrons. The maximum Gasteiger partial charge on any atom is 0.191 e. The van der Waals surface area contributed by atoms with Crippen LogP contribution in [0.4, 0.5) is 5.69 Å². The number of aliphatic imine (C=N–C) groups is 1. The van der Waals surface area contributed by atoms with E-state index in [2.05, 4.69) is 45.5 Å². The van der Waals surface area contributed by atoms with Gasteiger partial charge < -0.3 is 15.5 Å². The van der Waals surface area contributed by atoms with Crippen LogP contribution in [0.5, 0.6) is 0 Å². The predicted octanol–water partition coefficient (Wildman–Crippen LogP) is 2.71. The van der Waals surface area contributed by atoms with E-state index in [4.69, 9.17) is 4.99 Å². The van der Waals surface area contributed by atoms with Gasteiger partial charge in [-0.2, -0.15) is 16.9 Å². The topological polar surface area (TPSA) is 57.5 Å². The fourth-order valence-corrected chi connectivity index (χ4v) is 4.77. The van der Waals surface area contributed by atoms with E-state index < -0.39 is 0 Å². The van der Waals surface area contributed by atoms with E-state index in [1.54, 1.807) is 0 Å². The Morgan fingerprint density at radius 3 is 2.85 bits per heavy atom. The fourth-order valence-electron chi connectivity index (χ4n) is 3.56. The Morgan fingerprint density at radius 1 is 1.35 bits per heavy atom. The average molecular weight is 492 g/mol. The number of aryl methyl sites for hydroxylation is 1. The van der Waals surface area contributed by atoms with Crippen LogP contribution in [0.3, 0.4) is 0 Å². The Hall–Kier alpha value is -0.640. The van der Waals surface area contributed by atoms with E-state index in [9.17, 15) is 0 Å². The molecule has 1 atom stereocenters. The summed E-state index contributed by atoms with van der Waals surface area (Å²) in [5, 5.41) is 11.4. The Morgan fingerprint density at radius 2 is 2.15 bits per heavy atom. The van der Waals surface area contributed by atoms with Gasteiger partial charge in [-0.25, -0.2) is 0 Å². The van der Waals surface area contributed by atoms with Gasteiger partial charge in [-0.05, 0) is 50.0 Å². The lowest BCUT2D eigenvalue weighted by Crippen LogP contribution is -2.51. The normalized spacial score (nSPS) is 22.0. The number of piperidine rings is 1. The standard InChI is InChI=1S/C18H32N6S.HI/c1-3-19-18(20-11-15-6-9-25-10-7-15)22-16-5-4-8-24(13-16)17-12-21-23(2)14-17;/h12,14-16H,3-11,13H2,1-2H3,(H2,19,20,22);1H. The molecule has 2 saturated heterocycles. The molecule has 0 saturated carbocycles. The number of aromatic nitrogens is 2. The zero-order valence-corrected chi connectivity index (χ0v) is 19.1. The first kappa shape index (κ1) is 21.7. The fraction of sp³-hybridized carbons (Fsp3) is 0.778. The zero-order chi connectivity index (χ0) is 17.5. The number of nitrogens with one attached hydrogen (secondary N) is 2. The van der Waals surface area contributed by atoms with Gasteiger partial charge in [0.1, 0.15) is 0 Å². The van der Waals surface area contributed by atoms with E-state index in [-0.39, 0.29) is 24.0 Å². The van der Waals surface area contributed by atoms with E-state index in [0.29, 0.717) is 6.04 Å². The molecule has 0 spiro atoms. The minimum absolute atomic E-state index is 0. The first-order valence-electron chi connectivity index (χ1n) is 9.60. The van der Waals surface area contributed by atoms with Gasteiger partial charge in [-0.1, -0.05) is 0 Å². The summed E-state index contributed by atoms with van der Waals surface area (Å²) < 4.78 is 1.88. The van der Waals surface area contributed by atoms with Crippen LogP contribution in [0, 0.1) is 5.92 Å². The summed E-state index contributed by atoms with van der Waals surface area (Å²) in [6.07, 6.45) is 9.08. The number of hydrogen-bond donors (Lipinski definition) is 2. The number of anilines is 1. The molecule has 8 heteroatoms. The highest BCUT2D eigenvalue weighted by atomic mass is 127. The van der Waals surface area contributed by atoms with Crippen molar-refractivity contribution in [2.24, 2.45) is 18.0 Å². The molecular formula is C18H33IN6S. The molecule has 0 bridgehead atoms. The molecule has 1 aromatic heterocycles. The van der Waals surface area contributed by atoms with Crippen molar-refractivity contribution in [3.8, 4) is 0 Å². The summed E-state index contributed by atoms with van der Waals surface area (Å²) in [7, 11) is 1.98. The van der Waals surface area contributed by atoms with Gasteiger partial charge in [0.05, 0.1) is 11.9 Å². The van der Waals surface area contributed by atoms with Crippen molar-refractivity contribution >= 4 is 47.4 Å². The van der Waals surface area contributed by atoms with Gasteiger partial charge in [0.15, 0.2) is 5.96 Å². The highest BCUT2D eigenvalue weighted by Gasteiger charge is 2.22. The third-order valence-electron chi connectivity index (χ3n) is 5.01. The largest absolute Gasteiger partial charge is 0.367 e. The molecule has 2 aliphatic heterocycles. The lowest BCUT2D eigenvalue weighted by molar-refractivity contribution is 0.464. The predicted molar refractivity (Wildman–Crippen MR) is 123 cm³/mol. The number of hydrogen-bond acceptors (Lipinski definition) is 4. The van der Waals surface area contributed by atoms with Crippen molar-refractivity contribution in [2.75, 3.05) is 42.6 Å². The van der Waals surface area contributed by atoms with Gasteiger partial charge in [-0.3, -0.25) is 9.67 Å². The van der Waals surface area contributed by atoms with Crippen LogP contribution in [-0.2, 0) is 7.05 Å². The minimum atomic E-state index is 0. The van der Waals surface area contributed by atoms with Crippen molar-refractivity contribution in [1.82, 2.24) is 20.4 Å². The van der Waals surface area contributed by atoms with E-state index in [0.717, 1.165) is 38.1 Å². The Labute approximate surface area is 179 Å². The van der Waals surface area contributed by atoms with E-state index >= 15 is 0 Å². The summed E-state index contributed by atoms with van der Waals surface area (Å²) in [5.41, 5.74) is 1.22. The monoisotopic (exact) mass is 492 g/mol. The van der Waals surface area contributed by atoms with Crippen LogP contribution in [-0.4, -0.2) is 59.5 Å². The molecule has 0 aliphatic carbocycles. The molecule has 6 nitrogen and oxygen atoms in total. The Balaban J connectivity index is 0.00000243. The van der Waals surface area contributed by atoms with Crippen LogP contribution in [0.1, 0.15) is 32.6 Å². The average Bonchev–Trinajstić information content (AvgIpc) is 3.08. The second kappa shape index (κ2) is 11.3. The van der Waals surface area contributed by atoms with Gasteiger partial charge in [0, 0.05) is 45.5 Å². The van der Waals surface area contributed by atoms with Crippen LogP contribution in [0.15, 0.2) is 17.4 Å². The number of halogens is 1. The molecule has 2 N–H and O–H groups in total. The second-order valence-electron chi connectivity index (χ2n) is 7.08. The number of nitrogens with zero attached hydrogens (tertiary/aromatic N) is 4. The Bertz CT molecular complexity index is 558. The van der Waals surface area contributed by atoms with Crippen molar-refractivity contribution < 1.29 is 0 Å². The van der Waals surface area contributed by atoms with Crippen LogP contribution < -0.4 is 15.5 Å². The van der Waals surface area contributed by atoms with Crippen LogP contribution >= 0.6 is 35.7 Å². The molecule has 0 aromatic carbocycles. The first-order chi connectivity index (χ1) is 12.2. The number of rotatable bonds is 5. The molecular weight excluding hydrogens is 459 g/mol. The molecule has 1 unspecified atom stereocenters. The van der Waals surface area contributed by atoms with Gasteiger partial charge in [0.25, 0.3) is 0 Å². The molecule has 3 heterocycles. The maximum atomic E-state index is 4.88. The van der Waals surface area contributed by atoms with Crippen molar-refractivity contribution in [2.45, 2.75) is 38.6 Å². The molecule has 1 aromatic rings. The molecule has 2 fully saturated rings. The zero-order valence-electron chi connectivity index (χ0n) is 16.0. The van der Waals surface area contributed by atoms with Crippen LogP contribution in [0.25, 0.3) is 0 Å². The molecule has 0 radical (unpaired) electrons. The molecule has 26 heavy (non-hydrogen) atoms. The number of thioether (sulfide) groups is 1. The van der Waals surface area contributed by atoms with Gasteiger partial charge in [0.2, 0.25) is 0 Å². The highest BCUT2D eigenvalue weighted by Crippen LogP contribution is 2.23. The third-order valence-corrected chi connectivity index (χ3v) is 6.06. The Kier molecular flexibility index (Phi) is 9.38. The number of guanidine groups is 1. The summed E-state index contributed by atoms with van der Waals surface area (Å²) in [6.45, 7) is 6.12. The third kappa shape index (κ3) is 6.51. The van der Waals surface area contributed by atoms with Crippen LogP contribution in [0.2, 0.25) is 0 Å². The van der Waals surface area contributed by atoms with Gasteiger partial charge >= 0.3 is 0 Å². The molecule has 3 rings (SSSR count). The van der Waals surface area contributed by atoms with Crippen molar-refractivity contribution in [3.05, 3.63) is 12.4 Å². The van der Waals surface area contributed by atoms with E-state index in [1.165, 1.54) is 42.9 Å². The SMILES string of the molecule is CCNC(=NCC1CCSCC1)NC1CCCN(c2cnn(C)c2)C1.I. The summed E-state index contributed by atoms with van der Waals surface area (Å²) in [6, 6.07) is 0.439. The van der Waals surface area contributed by atoms with Gasteiger partial charge in [-0.15, -0.1) is 24.0 Å². The smallest absolute Gasteiger partial charge is 0.191 e. The lowest BCUT2D eigenvalue weighted by atomic mass is 10.0. The molecule has 0 amide bonds. The highest BCUT2D eigenvalue weighted by molar-refractivity contribution is 14.0. The maximum absolute atomic E-state index is 4.88.